The lowest BCUT2D eigenvalue weighted by Crippen LogP contribution is -2.52. The lowest BCUT2D eigenvalue weighted by molar-refractivity contribution is -0.140. The van der Waals surface area contributed by atoms with Gasteiger partial charge in [0.25, 0.3) is 11.8 Å². The Labute approximate surface area is 176 Å². The number of likely N-dealkylation sites (N-methyl/N-ethyl adjacent to an activating group) is 1. The number of nitrogens with one attached hydrogen (secondary N) is 2. The molecule has 30 heavy (non-hydrogen) atoms. The van der Waals surface area contributed by atoms with Crippen molar-refractivity contribution < 1.29 is 23.9 Å². The summed E-state index contributed by atoms with van der Waals surface area (Å²) in [7, 11) is 4.90. The van der Waals surface area contributed by atoms with E-state index >= 15 is 0 Å². The number of ether oxygens (including phenoxy) is 2. The van der Waals surface area contributed by atoms with Crippen molar-refractivity contribution in [3.8, 4) is 11.5 Å². The highest BCUT2D eigenvalue weighted by Gasteiger charge is 2.52. The molecule has 1 aromatic carbocycles. The summed E-state index contributed by atoms with van der Waals surface area (Å²) >= 11 is 0. The molecule has 0 aromatic heterocycles. The molecule has 1 aliphatic carbocycles. The predicted molar refractivity (Wildman–Crippen MR) is 110 cm³/mol. The lowest BCUT2D eigenvalue weighted by Gasteiger charge is -2.33. The van der Waals surface area contributed by atoms with Gasteiger partial charge in [-0.3, -0.25) is 19.9 Å². The summed E-state index contributed by atoms with van der Waals surface area (Å²) in [4.78, 5) is 39.5. The molecular weight excluding hydrogens is 388 g/mol. The van der Waals surface area contributed by atoms with Crippen molar-refractivity contribution >= 4 is 17.8 Å². The third-order valence-corrected chi connectivity index (χ3v) is 5.86. The van der Waals surface area contributed by atoms with Gasteiger partial charge >= 0.3 is 6.03 Å². The quantitative estimate of drug-likeness (QED) is 0.654. The van der Waals surface area contributed by atoms with E-state index in [1.807, 2.05) is 12.1 Å². The van der Waals surface area contributed by atoms with Crippen molar-refractivity contribution in [3.63, 3.8) is 0 Å². The van der Waals surface area contributed by atoms with E-state index in [1.54, 1.807) is 32.2 Å². The van der Waals surface area contributed by atoms with Crippen LogP contribution in [0.2, 0.25) is 0 Å². The number of urea groups is 1. The van der Waals surface area contributed by atoms with Crippen molar-refractivity contribution in [1.29, 1.82) is 0 Å². The first kappa shape index (κ1) is 21.9. The molecule has 2 N–H and O–H groups in total. The number of carbonyl (C=O) groups excluding carboxylic acids is 3. The minimum absolute atomic E-state index is 0.00145. The van der Waals surface area contributed by atoms with Crippen LogP contribution in [0.15, 0.2) is 18.2 Å². The fourth-order valence-electron chi connectivity index (χ4n) is 4.15. The summed E-state index contributed by atoms with van der Waals surface area (Å²) in [6.07, 6.45) is 2.94. The van der Waals surface area contributed by atoms with E-state index in [4.69, 9.17) is 9.47 Å². The number of hydrogen-bond donors (Lipinski definition) is 2. The zero-order chi connectivity index (χ0) is 21.9. The van der Waals surface area contributed by atoms with Gasteiger partial charge in [0.2, 0.25) is 0 Å². The Morgan fingerprint density at radius 1 is 1.27 bits per heavy atom. The number of methoxy groups -OCH3 is 2. The maximum atomic E-state index is 12.8. The molecule has 9 heteroatoms. The van der Waals surface area contributed by atoms with Gasteiger partial charge in [-0.2, -0.15) is 5.01 Å². The molecule has 4 amide bonds. The fraction of sp³-hybridized carbons (Fsp3) is 0.571. The zero-order valence-electron chi connectivity index (χ0n) is 18.0. The lowest BCUT2D eigenvalue weighted by atomic mass is 9.77. The number of amides is 4. The zero-order valence-corrected chi connectivity index (χ0v) is 18.0. The molecule has 0 atom stereocenters. The largest absolute Gasteiger partial charge is 0.493 e. The van der Waals surface area contributed by atoms with E-state index in [1.165, 1.54) is 0 Å². The van der Waals surface area contributed by atoms with E-state index < -0.39 is 17.5 Å². The molecule has 0 radical (unpaired) electrons. The highest BCUT2D eigenvalue weighted by Crippen LogP contribution is 2.36. The molecule has 1 spiro atoms. The summed E-state index contributed by atoms with van der Waals surface area (Å²) in [6, 6.07) is 4.97. The van der Waals surface area contributed by atoms with Crippen LogP contribution in [0.3, 0.4) is 0 Å². The molecule has 9 nitrogen and oxygen atoms in total. The Bertz CT molecular complexity index is 820. The molecule has 1 heterocycles. The van der Waals surface area contributed by atoms with Crippen LogP contribution in [0.25, 0.3) is 0 Å². The van der Waals surface area contributed by atoms with Crippen LogP contribution in [-0.4, -0.2) is 61.1 Å². The minimum atomic E-state index is -0.878. The summed E-state index contributed by atoms with van der Waals surface area (Å²) in [5.41, 5.74) is 2.44. The van der Waals surface area contributed by atoms with Crippen LogP contribution in [-0.2, 0) is 16.1 Å². The molecule has 1 saturated heterocycles. The first-order valence-corrected chi connectivity index (χ1v) is 10.1. The Kier molecular flexibility index (Phi) is 6.50. The predicted octanol–water partition coefficient (Wildman–Crippen LogP) is 1.67. The van der Waals surface area contributed by atoms with Crippen molar-refractivity contribution in [2.24, 2.45) is 5.92 Å². The van der Waals surface area contributed by atoms with Gasteiger partial charge in [0.15, 0.2) is 11.5 Å². The van der Waals surface area contributed by atoms with Crippen LogP contribution >= 0.6 is 0 Å². The Balaban J connectivity index is 1.59. The number of imide groups is 1. The van der Waals surface area contributed by atoms with Gasteiger partial charge in [0.1, 0.15) is 5.54 Å². The molecule has 1 aromatic rings. The second kappa shape index (κ2) is 8.91. The molecule has 2 fully saturated rings. The number of carbonyl (C=O) groups is 3. The Morgan fingerprint density at radius 3 is 2.60 bits per heavy atom. The van der Waals surface area contributed by atoms with Crippen molar-refractivity contribution in [3.05, 3.63) is 23.8 Å². The molecule has 1 saturated carbocycles. The van der Waals surface area contributed by atoms with Crippen molar-refractivity contribution in [2.75, 3.05) is 27.8 Å². The first-order chi connectivity index (χ1) is 14.3. The highest BCUT2D eigenvalue weighted by molar-refractivity contribution is 6.08. The van der Waals surface area contributed by atoms with E-state index in [2.05, 4.69) is 17.7 Å². The van der Waals surface area contributed by atoms with E-state index in [-0.39, 0.29) is 12.5 Å². The van der Waals surface area contributed by atoms with Crippen LogP contribution in [0.5, 0.6) is 11.5 Å². The fourth-order valence-corrected chi connectivity index (χ4v) is 4.15. The van der Waals surface area contributed by atoms with Gasteiger partial charge < -0.3 is 14.8 Å². The van der Waals surface area contributed by atoms with Gasteiger partial charge in [-0.25, -0.2) is 4.79 Å². The molecule has 0 unspecified atom stereocenters. The van der Waals surface area contributed by atoms with Crippen molar-refractivity contribution in [1.82, 2.24) is 20.7 Å². The Hall–Kier alpha value is -2.81. The van der Waals surface area contributed by atoms with E-state index in [0.29, 0.717) is 36.8 Å². The first-order valence-electron chi connectivity index (χ1n) is 10.1. The number of para-hydroxylation sites is 1. The van der Waals surface area contributed by atoms with Crippen LogP contribution in [0, 0.1) is 5.92 Å². The van der Waals surface area contributed by atoms with Crippen LogP contribution in [0.4, 0.5) is 4.79 Å². The molecule has 0 bridgehead atoms. The summed E-state index contributed by atoms with van der Waals surface area (Å²) in [5, 5.41) is 3.63. The molecule has 164 valence electrons. The second-order valence-electron chi connectivity index (χ2n) is 8.20. The summed E-state index contributed by atoms with van der Waals surface area (Å²) in [5.74, 6) is 0.939. The number of hydrogen-bond acceptors (Lipinski definition) is 6. The monoisotopic (exact) mass is 418 g/mol. The molecule has 2 aliphatic rings. The smallest absolute Gasteiger partial charge is 0.344 e. The van der Waals surface area contributed by atoms with Gasteiger partial charge in [-0.1, -0.05) is 19.1 Å². The second-order valence-corrected chi connectivity index (χ2v) is 8.20. The minimum Gasteiger partial charge on any atom is -0.493 e. The highest BCUT2D eigenvalue weighted by atomic mass is 16.5. The molecule has 1 aliphatic heterocycles. The topological polar surface area (TPSA) is 100 Å². The maximum Gasteiger partial charge on any atom is 0.344 e. The third kappa shape index (κ3) is 4.35. The molecule has 3 rings (SSSR count). The molecular formula is C21H30N4O5. The summed E-state index contributed by atoms with van der Waals surface area (Å²) < 4.78 is 10.7. The Morgan fingerprint density at radius 2 is 1.97 bits per heavy atom. The van der Waals surface area contributed by atoms with Gasteiger partial charge in [-0.05, 0) is 44.7 Å². The standard InChI is InChI=1S/C21H30N4O5/c1-14-8-10-21(11-9-14)19(27)25(20(28)22-21)23-17(26)13-24(2)12-15-6-5-7-16(29-3)18(15)30-4/h5-7,14H,8-13H2,1-4H3,(H,22,28)(H,23,26). The van der Waals surface area contributed by atoms with E-state index in [9.17, 15) is 14.4 Å². The SMILES string of the molecule is COc1cccc(CN(C)CC(=O)NN2C(=O)NC3(CCC(C)CC3)C2=O)c1OC. The van der Waals surface area contributed by atoms with Gasteiger partial charge in [0.05, 0.1) is 20.8 Å². The number of benzene rings is 1. The average Bonchev–Trinajstić information content (AvgIpc) is 2.94. The number of nitrogens with zero attached hydrogens (tertiary/aromatic N) is 2. The van der Waals surface area contributed by atoms with Crippen LogP contribution < -0.4 is 20.2 Å². The van der Waals surface area contributed by atoms with Gasteiger partial charge in [-0.15, -0.1) is 0 Å². The number of hydrazine groups is 1. The van der Waals surface area contributed by atoms with E-state index in [0.717, 1.165) is 23.4 Å². The third-order valence-electron chi connectivity index (χ3n) is 5.86. The van der Waals surface area contributed by atoms with Gasteiger partial charge in [0, 0.05) is 12.1 Å². The normalized spacial score (nSPS) is 23.6. The number of rotatable bonds is 7. The average molecular weight is 418 g/mol. The summed E-state index contributed by atoms with van der Waals surface area (Å²) in [6.45, 7) is 2.57. The van der Waals surface area contributed by atoms with Crippen LogP contribution in [0.1, 0.15) is 38.2 Å². The van der Waals surface area contributed by atoms with Crippen molar-refractivity contribution in [2.45, 2.75) is 44.7 Å². The maximum absolute atomic E-state index is 12.8.